The summed E-state index contributed by atoms with van der Waals surface area (Å²) in [6.07, 6.45) is 0. The van der Waals surface area contributed by atoms with E-state index in [0.717, 1.165) is 11.6 Å². The number of amides is 1. The molecule has 1 amide bonds. The van der Waals surface area contributed by atoms with Gasteiger partial charge in [-0.1, -0.05) is 30.3 Å². The number of nitrogens with zero attached hydrogens (tertiary/aromatic N) is 1. The highest BCUT2D eigenvalue weighted by molar-refractivity contribution is 5.98. The molecule has 110 valence electrons. The topological polar surface area (TPSA) is 72.3 Å². The van der Waals surface area contributed by atoms with Crippen molar-refractivity contribution >= 4 is 11.6 Å². The van der Waals surface area contributed by atoms with E-state index in [2.05, 4.69) is 0 Å². The lowest BCUT2D eigenvalue weighted by Gasteiger charge is -2.26. The maximum absolute atomic E-state index is 13.3. The third kappa shape index (κ3) is 3.79. The van der Waals surface area contributed by atoms with Gasteiger partial charge in [-0.3, -0.25) is 4.79 Å². The van der Waals surface area contributed by atoms with Crippen molar-refractivity contribution in [3.05, 3.63) is 65.5 Å². The van der Waals surface area contributed by atoms with Crippen LogP contribution in [0.2, 0.25) is 0 Å². The Bertz CT molecular complexity index is 616. The van der Waals surface area contributed by atoms with Gasteiger partial charge in [-0.15, -0.1) is 0 Å². The predicted molar refractivity (Wildman–Crippen MR) is 81.5 cm³/mol. The second-order valence-electron chi connectivity index (χ2n) is 4.72. The standard InChI is InChI=1S/C16H18FN3O/c17-13-6-7-15(14(10-13)16(19)21)20(9-8-18)11-12-4-2-1-3-5-12/h1-7,10H,8-9,11,18H2,(H2,19,21). The maximum Gasteiger partial charge on any atom is 0.250 e. The molecule has 0 atom stereocenters. The zero-order chi connectivity index (χ0) is 15.2. The highest BCUT2D eigenvalue weighted by Crippen LogP contribution is 2.23. The third-order valence-electron chi connectivity index (χ3n) is 3.18. The molecule has 0 aliphatic rings. The summed E-state index contributed by atoms with van der Waals surface area (Å²) in [6, 6.07) is 13.8. The number of hydrogen-bond acceptors (Lipinski definition) is 3. The van der Waals surface area contributed by atoms with E-state index in [1.165, 1.54) is 6.07 Å². The van der Waals surface area contributed by atoms with Gasteiger partial charge in [0.1, 0.15) is 5.82 Å². The maximum atomic E-state index is 13.3. The van der Waals surface area contributed by atoms with Crippen molar-refractivity contribution in [1.82, 2.24) is 0 Å². The summed E-state index contributed by atoms with van der Waals surface area (Å²) in [5, 5.41) is 0. The molecule has 0 aliphatic carbocycles. The lowest BCUT2D eigenvalue weighted by molar-refractivity contribution is 0.100. The fourth-order valence-electron chi connectivity index (χ4n) is 2.23. The monoisotopic (exact) mass is 287 g/mol. The largest absolute Gasteiger partial charge is 0.366 e. The van der Waals surface area contributed by atoms with E-state index in [1.807, 2.05) is 35.2 Å². The Kier molecular flexibility index (Phi) is 4.90. The van der Waals surface area contributed by atoms with Crippen LogP contribution in [-0.4, -0.2) is 19.0 Å². The Morgan fingerprint density at radius 1 is 1.14 bits per heavy atom. The number of rotatable bonds is 6. The van der Waals surface area contributed by atoms with Gasteiger partial charge in [0, 0.05) is 19.6 Å². The second-order valence-corrected chi connectivity index (χ2v) is 4.72. The summed E-state index contributed by atoms with van der Waals surface area (Å²) in [7, 11) is 0. The first-order valence-corrected chi connectivity index (χ1v) is 6.70. The molecule has 4 N–H and O–H groups in total. The molecule has 21 heavy (non-hydrogen) atoms. The Labute approximate surface area is 123 Å². The second kappa shape index (κ2) is 6.85. The number of primary amides is 1. The zero-order valence-corrected chi connectivity index (χ0v) is 11.6. The minimum absolute atomic E-state index is 0.166. The molecule has 0 bridgehead atoms. The summed E-state index contributed by atoms with van der Waals surface area (Å²) in [5.74, 6) is -1.14. The average molecular weight is 287 g/mol. The van der Waals surface area contributed by atoms with Gasteiger partial charge in [0.05, 0.1) is 11.3 Å². The van der Waals surface area contributed by atoms with Crippen LogP contribution < -0.4 is 16.4 Å². The molecule has 2 aromatic carbocycles. The van der Waals surface area contributed by atoms with Gasteiger partial charge in [-0.25, -0.2) is 4.39 Å². The van der Waals surface area contributed by atoms with Crippen LogP contribution in [-0.2, 0) is 6.54 Å². The fraction of sp³-hybridized carbons (Fsp3) is 0.188. The Morgan fingerprint density at radius 2 is 1.86 bits per heavy atom. The highest BCUT2D eigenvalue weighted by Gasteiger charge is 2.15. The van der Waals surface area contributed by atoms with Crippen LogP contribution in [0.1, 0.15) is 15.9 Å². The summed E-state index contributed by atoms with van der Waals surface area (Å²) in [4.78, 5) is 13.5. The molecule has 2 aromatic rings. The smallest absolute Gasteiger partial charge is 0.250 e. The summed E-state index contributed by atoms with van der Waals surface area (Å²) >= 11 is 0. The van der Waals surface area contributed by atoms with Gasteiger partial charge >= 0.3 is 0 Å². The number of anilines is 1. The van der Waals surface area contributed by atoms with Gasteiger partial charge in [-0.05, 0) is 23.8 Å². The first kappa shape index (κ1) is 15.0. The fourth-order valence-corrected chi connectivity index (χ4v) is 2.23. The van der Waals surface area contributed by atoms with Crippen LogP contribution in [0.3, 0.4) is 0 Å². The molecule has 0 aliphatic heterocycles. The van der Waals surface area contributed by atoms with Crippen molar-refractivity contribution in [2.75, 3.05) is 18.0 Å². The lowest BCUT2D eigenvalue weighted by Crippen LogP contribution is -2.31. The molecule has 0 saturated heterocycles. The average Bonchev–Trinajstić information content (AvgIpc) is 2.48. The van der Waals surface area contributed by atoms with Gasteiger partial charge in [0.15, 0.2) is 0 Å². The Hall–Kier alpha value is -2.40. The molecule has 0 spiro atoms. The quantitative estimate of drug-likeness (QED) is 0.852. The molecule has 0 fully saturated rings. The SMILES string of the molecule is NCCN(Cc1ccccc1)c1ccc(F)cc1C(N)=O. The molecular formula is C16H18FN3O. The van der Waals surface area contributed by atoms with E-state index in [1.54, 1.807) is 6.07 Å². The van der Waals surface area contributed by atoms with Gasteiger partial charge < -0.3 is 16.4 Å². The first-order valence-electron chi connectivity index (χ1n) is 6.70. The lowest BCUT2D eigenvalue weighted by atomic mass is 10.1. The number of carbonyl (C=O) groups excluding carboxylic acids is 1. The Morgan fingerprint density at radius 3 is 2.48 bits per heavy atom. The highest BCUT2D eigenvalue weighted by atomic mass is 19.1. The van der Waals surface area contributed by atoms with Crippen molar-refractivity contribution in [2.45, 2.75) is 6.54 Å². The van der Waals surface area contributed by atoms with E-state index in [9.17, 15) is 9.18 Å². The van der Waals surface area contributed by atoms with Crippen molar-refractivity contribution in [1.29, 1.82) is 0 Å². The molecule has 0 saturated carbocycles. The number of benzene rings is 2. The van der Waals surface area contributed by atoms with Gasteiger partial charge in [-0.2, -0.15) is 0 Å². The molecular weight excluding hydrogens is 269 g/mol. The van der Waals surface area contributed by atoms with Crippen molar-refractivity contribution in [3.63, 3.8) is 0 Å². The van der Waals surface area contributed by atoms with E-state index < -0.39 is 11.7 Å². The predicted octanol–water partition coefficient (Wildman–Crippen LogP) is 1.89. The van der Waals surface area contributed by atoms with Crippen LogP contribution in [0, 0.1) is 5.82 Å². The van der Waals surface area contributed by atoms with Crippen LogP contribution in [0.4, 0.5) is 10.1 Å². The van der Waals surface area contributed by atoms with Gasteiger partial charge in [0.25, 0.3) is 5.91 Å². The van der Waals surface area contributed by atoms with Crippen LogP contribution in [0.15, 0.2) is 48.5 Å². The van der Waals surface area contributed by atoms with Crippen molar-refractivity contribution in [2.24, 2.45) is 11.5 Å². The number of halogens is 1. The molecule has 0 radical (unpaired) electrons. The summed E-state index contributed by atoms with van der Waals surface area (Å²) in [6.45, 7) is 1.53. The van der Waals surface area contributed by atoms with E-state index >= 15 is 0 Å². The minimum Gasteiger partial charge on any atom is -0.366 e. The normalized spacial score (nSPS) is 10.4. The summed E-state index contributed by atoms with van der Waals surface area (Å²) in [5.41, 5.74) is 12.8. The molecule has 0 aromatic heterocycles. The first-order chi connectivity index (χ1) is 10.1. The number of hydrogen-bond donors (Lipinski definition) is 2. The summed E-state index contributed by atoms with van der Waals surface area (Å²) < 4.78 is 13.3. The molecule has 5 heteroatoms. The molecule has 0 heterocycles. The van der Waals surface area contributed by atoms with E-state index in [-0.39, 0.29) is 5.56 Å². The van der Waals surface area contributed by atoms with Crippen LogP contribution in [0.25, 0.3) is 0 Å². The number of nitrogens with two attached hydrogens (primary N) is 2. The van der Waals surface area contributed by atoms with Gasteiger partial charge in [0.2, 0.25) is 0 Å². The third-order valence-corrected chi connectivity index (χ3v) is 3.18. The van der Waals surface area contributed by atoms with Crippen molar-refractivity contribution in [3.8, 4) is 0 Å². The molecule has 4 nitrogen and oxygen atoms in total. The minimum atomic E-state index is -0.653. The molecule has 2 rings (SSSR count). The number of carbonyl (C=O) groups is 1. The van der Waals surface area contributed by atoms with Crippen LogP contribution >= 0.6 is 0 Å². The molecule has 0 unspecified atom stereocenters. The van der Waals surface area contributed by atoms with E-state index in [0.29, 0.717) is 25.3 Å². The van der Waals surface area contributed by atoms with Crippen molar-refractivity contribution < 1.29 is 9.18 Å². The van der Waals surface area contributed by atoms with E-state index in [4.69, 9.17) is 11.5 Å². The zero-order valence-electron chi connectivity index (χ0n) is 11.6. The Balaban J connectivity index is 2.36. The van der Waals surface area contributed by atoms with Crippen LogP contribution in [0.5, 0.6) is 0 Å².